The van der Waals surface area contributed by atoms with Gasteiger partial charge in [-0.25, -0.2) is 4.68 Å². The molecular formula is C18H15N3O. The summed E-state index contributed by atoms with van der Waals surface area (Å²) in [6.45, 7) is 2.04. The number of aromatic nitrogens is 2. The van der Waals surface area contributed by atoms with Gasteiger partial charge in [0.15, 0.2) is 5.69 Å². The normalized spacial score (nSPS) is 10.2. The number of methoxy groups -OCH3 is 1. The van der Waals surface area contributed by atoms with Gasteiger partial charge in [-0.3, -0.25) is 0 Å². The molecule has 0 bridgehead atoms. The molecule has 1 aromatic heterocycles. The van der Waals surface area contributed by atoms with Crippen molar-refractivity contribution in [3.8, 4) is 28.8 Å². The molecule has 3 rings (SSSR count). The molecule has 0 amide bonds. The standard InChI is InChI=1S/C18H15N3O/c1-13-7-9-15(10-8-13)21-17(11-14(12-19)20-21)16-5-3-4-6-18(16)22-2/h3-11H,1-2H3. The predicted molar refractivity (Wildman–Crippen MR) is 85.0 cm³/mol. The van der Waals surface area contributed by atoms with Gasteiger partial charge < -0.3 is 4.74 Å². The van der Waals surface area contributed by atoms with Crippen LogP contribution >= 0.6 is 0 Å². The summed E-state index contributed by atoms with van der Waals surface area (Å²) in [4.78, 5) is 0. The number of benzene rings is 2. The number of ether oxygens (including phenoxy) is 1. The van der Waals surface area contributed by atoms with E-state index in [1.165, 1.54) is 5.56 Å². The summed E-state index contributed by atoms with van der Waals surface area (Å²) in [5, 5.41) is 13.6. The Morgan fingerprint density at radius 2 is 1.82 bits per heavy atom. The molecule has 4 heteroatoms. The van der Waals surface area contributed by atoms with Gasteiger partial charge in [-0.15, -0.1) is 0 Å². The van der Waals surface area contributed by atoms with E-state index in [1.54, 1.807) is 17.9 Å². The summed E-state index contributed by atoms with van der Waals surface area (Å²) in [5.74, 6) is 0.750. The molecule has 0 aliphatic rings. The van der Waals surface area contributed by atoms with Crippen molar-refractivity contribution in [3.63, 3.8) is 0 Å². The van der Waals surface area contributed by atoms with Crippen LogP contribution in [0, 0.1) is 18.3 Å². The van der Waals surface area contributed by atoms with Gasteiger partial charge in [-0.05, 0) is 31.2 Å². The van der Waals surface area contributed by atoms with Crippen molar-refractivity contribution in [2.45, 2.75) is 6.92 Å². The Hall–Kier alpha value is -3.06. The maximum atomic E-state index is 9.18. The second kappa shape index (κ2) is 5.74. The van der Waals surface area contributed by atoms with Crippen molar-refractivity contribution in [1.82, 2.24) is 9.78 Å². The van der Waals surface area contributed by atoms with Gasteiger partial charge in [0.2, 0.25) is 0 Å². The Bertz CT molecular complexity index is 842. The molecule has 0 unspecified atom stereocenters. The van der Waals surface area contributed by atoms with Crippen molar-refractivity contribution in [2.75, 3.05) is 7.11 Å². The van der Waals surface area contributed by atoms with Gasteiger partial charge in [0.05, 0.1) is 18.5 Å². The molecule has 0 N–H and O–H groups in total. The highest BCUT2D eigenvalue weighted by atomic mass is 16.5. The monoisotopic (exact) mass is 289 g/mol. The highest BCUT2D eigenvalue weighted by molar-refractivity contribution is 5.70. The first-order chi connectivity index (χ1) is 10.7. The molecular weight excluding hydrogens is 274 g/mol. The molecule has 0 spiro atoms. The Morgan fingerprint density at radius 1 is 1.09 bits per heavy atom. The lowest BCUT2D eigenvalue weighted by molar-refractivity contribution is 0.416. The molecule has 0 saturated carbocycles. The highest BCUT2D eigenvalue weighted by Crippen LogP contribution is 2.31. The summed E-state index contributed by atoms with van der Waals surface area (Å²) in [5.41, 5.74) is 4.20. The Kier molecular flexibility index (Phi) is 3.63. The van der Waals surface area contributed by atoms with Crippen molar-refractivity contribution in [2.24, 2.45) is 0 Å². The van der Waals surface area contributed by atoms with E-state index in [4.69, 9.17) is 4.74 Å². The van der Waals surface area contributed by atoms with Crippen LogP contribution in [0.15, 0.2) is 54.6 Å². The molecule has 108 valence electrons. The zero-order valence-electron chi connectivity index (χ0n) is 12.4. The minimum atomic E-state index is 0.376. The average Bonchev–Trinajstić information content (AvgIpc) is 2.99. The summed E-state index contributed by atoms with van der Waals surface area (Å²) in [6.07, 6.45) is 0. The molecule has 22 heavy (non-hydrogen) atoms. The fourth-order valence-corrected chi connectivity index (χ4v) is 2.37. The molecule has 0 atom stereocenters. The van der Waals surface area contributed by atoms with Crippen LogP contribution in [0.25, 0.3) is 16.9 Å². The smallest absolute Gasteiger partial charge is 0.163 e. The van der Waals surface area contributed by atoms with Crippen molar-refractivity contribution < 1.29 is 4.74 Å². The summed E-state index contributed by atoms with van der Waals surface area (Å²) in [6, 6.07) is 19.6. The number of aryl methyl sites for hydroxylation is 1. The van der Waals surface area contributed by atoms with E-state index in [2.05, 4.69) is 11.2 Å². The van der Waals surface area contributed by atoms with Gasteiger partial charge in [-0.1, -0.05) is 29.8 Å². The van der Waals surface area contributed by atoms with Crippen LogP contribution in [-0.4, -0.2) is 16.9 Å². The zero-order chi connectivity index (χ0) is 15.5. The SMILES string of the molecule is COc1ccccc1-c1cc(C#N)nn1-c1ccc(C)cc1. The van der Waals surface area contributed by atoms with E-state index in [-0.39, 0.29) is 0 Å². The lowest BCUT2D eigenvalue weighted by atomic mass is 10.1. The predicted octanol–water partition coefficient (Wildman–Crippen LogP) is 3.73. The van der Waals surface area contributed by atoms with Crippen molar-refractivity contribution >= 4 is 0 Å². The minimum Gasteiger partial charge on any atom is -0.496 e. The second-order valence-electron chi connectivity index (χ2n) is 4.97. The Morgan fingerprint density at radius 3 is 2.50 bits per heavy atom. The second-order valence-corrected chi connectivity index (χ2v) is 4.97. The fourth-order valence-electron chi connectivity index (χ4n) is 2.37. The summed E-state index contributed by atoms with van der Waals surface area (Å²) >= 11 is 0. The van der Waals surface area contributed by atoms with Crippen LogP contribution < -0.4 is 4.74 Å². The first-order valence-electron chi connectivity index (χ1n) is 6.93. The zero-order valence-corrected chi connectivity index (χ0v) is 12.4. The maximum Gasteiger partial charge on any atom is 0.163 e. The van der Waals surface area contributed by atoms with E-state index in [0.29, 0.717) is 5.69 Å². The van der Waals surface area contributed by atoms with Gasteiger partial charge in [0.25, 0.3) is 0 Å². The van der Waals surface area contributed by atoms with Gasteiger partial charge in [-0.2, -0.15) is 10.4 Å². The summed E-state index contributed by atoms with van der Waals surface area (Å²) in [7, 11) is 1.64. The molecule has 3 aromatic rings. The quantitative estimate of drug-likeness (QED) is 0.738. The first kappa shape index (κ1) is 13.9. The number of nitriles is 1. The molecule has 0 fully saturated rings. The third-order valence-corrected chi connectivity index (χ3v) is 3.49. The molecule has 2 aromatic carbocycles. The molecule has 0 radical (unpaired) electrons. The van der Waals surface area contributed by atoms with Crippen LogP contribution in [-0.2, 0) is 0 Å². The number of rotatable bonds is 3. The maximum absolute atomic E-state index is 9.18. The van der Waals surface area contributed by atoms with Crippen LogP contribution in [0.3, 0.4) is 0 Å². The number of para-hydroxylation sites is 1. The van der Waals surface area contributed by atoms with Crippen LogP contribution in [0.4, 0.5) is 0 Å². The van der Waals surface area contributed by atoms with Crippen LogP contribution in [0.2, 0.25) is 0 Å². The van der Waals surface area contributed by atoms with E-state index in [0.717, 1.165) is 22.7 Å². The van der Waals surface area contributed by atoms with Crippen molar-refractivity contribution in [3.05, 3.63) is 65.9 Å². The minimum absolute atomic E-state index is 0.376. The first-order valence-corrected chi connectivity index (χ1v) is 6.93. The largest absolute Gasteiger partial charge is 0.496 e. The molecule has 4 nitrogen and oxygen atoms in total. The van der Waals surface area contributed by atoms with Crippen LogP contribution in [0.5, 0.6) is 5.75 Å². The lowest BCUT2D eigenvalue weighted by Crippen LogP contribution is -2.00. The molecule has 0 aliphatic carbocycles. The Balaban J connectivity index is 2.22. The number of nitrogens with zero attached hydrogens (tertiary/aromatic N) is 3. The lowest BCUT2D eigenvalue weighted by Gasteiger charge is -2.11. The van der Waals surface area contributed by atoms with E-state index >= 15 is 0 Å². The highest BCUT2D eigenvalue weighted by Gasteiger charge is 2.14. The van der Waals surface area contributed by atoms with Gasteiger partial charge >= 0.3 is 0 Å². The molecule has 0 aliphatic heterocycles. The van der Waals surface area contributed by atoms with Gasteiger partial charge in [0, 0.05) is 11.6 Å². The van der Waals surface area contributed by atoms with Crippen LogP contribution in [0.1, 0.15) is 11.3 Å². The van der Waals surface area contributed by atoms with E-state index in [1.807, 2.05) is 55.5 Å². The average molecular weight is 289 g/mol. The number of hydrogen-bond donors (Lipinski definition) is 0. The van der Waals surface area contributed by atoms with E-state index in [9.17, 15) is 5.26 Å². The fraction of sp³-hybridized carbons (Fsp3) is 0.111. The summed E-state index contributed by atoms with van der Waals surface area (Å²) < 4.78 is 7.20. The third-order valence-electron chi connectivity index (χ3n) is 3.49. The third kappa shape index (κ3) is 2.45. The number of hydrogen-bond acceptors (Lipinski definition) is 3. The topological polar surface area (TPSA) is 50.8 Å². The van der Waals surface area contributed by atoms with Crippen molar-refractivity contribution in [1.29, 1.82) is 5.26 Å². The molecule has 0 saturated heterocycles. The van der Waals surface area contributed by atoms with E-state index < -0.39 is 0 Å². The molecule has 1 heterocycles. The Labute approximate surface area is 129 Å². The van der Waals surface area contributed by atoms with Gasteiger partial charge in [0.1, 0.15) is 11.8 Å².